The van der Waals surface area contributed by atoms with E-state index in [4.69, 9.17) is 5.73 Å². The number of aromatic nitrogens is 2. The second-order valence-electron chi connectivity index (χ2n) is 4.72. The van der Waals surface area contributed by atoms with Gasteiger partial charge in [0, 0.05) is 17.0 Å². The van der Waals surface area contributed by atoms with Crippen molar-refractivity contribution in [2.45, 2.75) is 39.2 Å². The van der Waals surface area contributed by atoms with E-state index in [0.717, 1.165) is 35.4 Å². The zero-order valence-electron chi connectivity index (χ0n) is 11.2. The Morgan fingerprint density at radius 3 is 2.72 bits per heavy atom. The maximum atomic E-state index is 6.29. The van der Waals surface area contributed by atoms with Gasteiger partial charge in [-0.2, -0.15) is 0 Å². The van der Waals surface area contributed by atoms with Gasteiger partial charge in [0.15, 0.2) is 0 Å². The van der Waals surface area contributed by atoms with Crippen LogP contribution >= 0.6 is 11.3 Å². The van der Waals surface area contributed by atoms with Crippen molar-refractivity contribution in [2.75, 3.05) is 11.9 Å². The lowest BCUT2D eigenvalue weighted by Gasteiger charge is -2.27. The minimum Gasteiger partial charge on any atom is -0.368 e. The molecule has 0 unspecified atom stereocenters. The number of hydrogen-bond donors (Lipinski definition) is 2. The quantitative estimate of drug-likeness (QED) is 0.871. The first-order chi connectivity index (χ1) is 8.58. The Morgan fingerprint density at radius 1 is 1.33 bits per heavy atom. The SMILES string of the molecule is CCC(N)(CC)CNc1ncnc2sc(C)cc12. The first kappa shape index (κ1) is 13.2. The third-order valence-electron chi connectivity index (χ3n) is 3.47. The number of thiophene rings is 1. The smallest absolute Gasteiger partial charge is 0.138 e. The van der Waals surface area contributed by atoms with Gasteiger partial charge < -0.3 is 11.1 Å². The molecule has 3 N–H and O–H groups in total. The van der Waals surface area contributed by atoms with Crippen LogP contribution in [0.15, 0.2) is 12.4 Å². The molecule has 0 fully saturated rings. The van der Waals surface area contributed by atoms with Gasteiger partial charge in [0.05, 0.1) is 5.39 Å². The van der Waals surface area contributed by atoms with Crippen molar-refractivity contribution in [3.05, 3.63) is 17.3 Å². The monoisotopic (exact) mass is 264 g/mol. The van der Waals surface area contributed by atoms with Crippen LogP contribution in [0.4, 0.5) is 5.82 Å². The number of hydrogen-bond acceptors (Lipinski definition) is 5. The summed E-state index contributed by atoms with van der Waals surface area (Å²) >= 11 is 1.69. The van der Waals surface area contributed by atoms with Gasteiger partial charge in [0.1, 0.15) is 17.0 Å². The van der Waals surface area contributed by atoms with Crippen molar-refractivity contribution in [1.82, 2.24) is 9.97 Å². The third-order valence-corrected chi connectivity index (χ3v) is 4.43. The van der Waals surface area contributed by atoms with E-state index < -0.39 is 0 Å². The van der Waals surface area contributed by atoms with Crippen LogP contribution in [-0.2, 0) is 0 Å². The van der Waals surface area contributed by atoms with E-state index in [1.54, 1.807) is 17.7 Å². The second-order valence-corrected chi connectivity index (χ2v) is 5.96. The summed E-state index contributed by atoms with van der Waals surface area (Å²) in [7, 11) is 0. The predicted molar refractivity (Wildman–Crippen MR) is 78.1 cm³/mol. The number of fused-ring (bicyclic) bond motifs is 1. The molecule has 0 atom stereocenters. The predicted octanol–water partition coefficient (Wildman–Crippen LogP) is 2.93. The normalized spacial score (nSPS) is 12.0. The molecular formula is C13H20N4S. The summed E-state index contributed by atoms with van der Waals surface area (Å²) in [4.78, 5) is 10.9. The van der Waals surface area contributed by atoms with Crippen LogP contribution in [0.25, 0.3) is 10.2 Å². The molecule has 0 bridgehead atoms. The highest BCUT2D eigenvalue weighted by Crippen LogP contribution is 2.27. The Labute approximate surface area is 112 Å². The Hall–Kier alpha value is -1.20. The van der Waals surface area contributed by atoms with Crippen LogP contribution in [0.2, 0.25) is 0 Å². The molecule has 5 heteroatoms. The number of nitrogens with one attached hydrogen (secondary N) is 1. The van der Waals surface area contributed by atoms with Gasteiger partial charge in [0.25, 0.3) is 0 Å². The van der Waals surface area contributed by atoms with Crippen LogP contribution in [0.3, 0.4) is 0 Å². The van der Waals surface area contributed by atoms with Crippen molar-refractivity contribution < 1.29 is 0 Å². The standard InChI is InChI=1S/C13H20N4S/c1-4-13(14,5-2)7-15-11-10-6-9(3)18-12(10)17-8-16-11/h6,8H,4-5,7,14H2,1-3H3,(H,15,16,17). The van der Waals surface area contributed by atoms with Gasteiger partial charge in [-0.3, -0.25) is 0 Å². The Morgan fingerprint density at radius 2 is 2.06 bits per heavy atom. The van der Waals surface area contributed by atoms with Gasteiger partial charge >= 0.3 is 0 Å². The molecule has 18 heavy (non-hydrogen) atoms. The highest BCUT2D eigenvalue weighted by molar-refractivity contribution is 7.18. The topological polar surface area (TPSA) is 63.8 Å². The van der Waals surface area contributed by atoms with Crippen molar-refractivity contribution in [3.8, 4) is 0 Å². The summed E-state index contributed by atoms with van der Waals surface area (Å²) in [6.07, 6.45) is 3.51. The average Bonchev–Trinajstić information content (AvgIpc) is 2.76. The molecule has 0 aliphatic heterocycles. The van der Waals surface area contributed by atoms with Gasteiger partial charge in [-0.15, -0.1) is 11.3 Å². The first-order valence-corrected chi connectivity index (χ1v) is 7.13. The molecule has 0 aromatic carbocycles. The van der Waals surface area contributed by atoms with Crippen LogP contribution in [0.1, 0.15) is 31.6 Å². The van der Waals surface area contributed by atoms with Gasteiger partial charge in [-0.05, 0) is 25.8 Å². The van der Waals surface area contributed by atoms with Crippen LogP contribution in [0.5, 0.6) is 0 Å². The summed E-state index contributed by atoms with van der Waals surface area (Å²) < 4.78 is 0. The minimum absolute atomic E-state index is 0.164. The number of rotatable bonds is 5. The molecule has 4 nitrogen and oxygen atoms in total. The molecular weight excluding hydrogens is 244 g/mol. The van der Waals surface area contributed by atoms with Crippen molar-refractivity contribution in [1.29, 1.82) is 0 Å². The minimum atomic E-state index is -0.164. The van der Waals surface area contributed by atoms with Gasteiger partial charge in [0.2, 0.25) is 0 Å². The van der Waals surface area contributed by atoms with E-state index in [9.17, 15) is 0 Å². The van der Waals surface area contributed by atoms with Gasteiger partial charge in [-0.1, -0.05) is 13.8 Å². The summed E-state index contributed by atoms with van der Waals surface area (Å²) in [5, 5.41) is 4.47. The molecule has 2 rings (SSSR count). The van der Waals surface area contributed by atoms with E-state index >= 15 is 0 Å². The van der Waals surface area contributed by atoms with Crippen molar-refractivity contribution >= 4 is 27.4 Å². The molecule has 98 valence electrons. The number of nitrogens with zero attached hydrogens (tertiary/aromatic N) is 2. The fourth-order valence-electron chi connectivity index (χ4n) is 1.88. The maximum Gasteiger partial charge on any atom is 0.138 e. The van der Waals surface area contributed by atoms with Crippen molar-refractivity contribution in [3.63, 3.8) is 0 Å². The molecule has 2 aromatic rings. The zero-order valence-corrected chi connectivity index (χ0v) is 12.0. The van der Waals surface area contributed by atoms with Crippen molar-refractivity contribution in [2.24, 2.45) is 5.73 Å². The molecule has 2 aromatic heterocycles. The number of aryl methyl sites for hydroxylation is 1. The van der Waals surface area contributed by atoms with Gasteiger partial charge in [-0.25, -0.2) is 9.97 Å². The van der Waals surface area contributed by atoms with E-state index in [1.165, 1.54) is 4.88 Å². The molecule has 0 saturated carbocycles. The van der Waals surface area contributed by atoms with E-state index in [0.29, 0.717) is 0 Å². The molecule has 2 heterocycles. The molecule has 0 saturated heterocycles. The largest absolute Gasteiger partial charge is 0.368 e. The maximum absolute atomic E-state index is 6.29. The Balaban J connectivity index is 2.21. The summed E-state index contributed by atoms with van der Waals surface area (Å²) in [5.41, 5.74) is 6.13. The van der Waals surface area contributed by atoms with E-state index in [1.807, 2.05) is 0 Å². The summed E-state index contributed by atoms with van der Waals surface area (Å²) in [5.74, 6) is 0.890. The molecule has 0 aliphatic carbocycles. The van der Waals surface area contributed by atoms with E-state index in [2.05, 4.69) is 42.1 Å². The lowest BCUT2D eigenvalue weighted by Crippen LogP contribution is -2.45. The van der Waals surface area contributed by atoms with Crippen LogP contribution in [-0.4, -0.2) is 22.1 Å². The highest BCUT2D eigenvalue weighted by atomic mass is 32.1. The summed E-state index contributed by atoms with van der Waals surface area (Å²) in [6, 6.07) is 2.12. The van der Waals surface area contributed by atoms with Crippen LogP contribution < -0.4 is 11.1 Å². The highest BCUT2D eigenvalue weighted by Gasteiger charge is 2.20. The molecule has 0 amide bonds. The first-order valence-electron chi connectivity index (χ1n) is 6.32. The molecule has 0 aliphatic rings. The average molecular weight is 264 g/mol. The number of nitrogens with two attached hydrogens (primary N) is 1. The molecule has 0 spiro atoms. The Bertz CT molecular complexity index is 531. The lowest BCUT2D eigenvalue weighted by molar-refractivity contribution is 0.418. The van der Waals surface area contributed by atoms with Crippen LogP contribution in [0, 0.1) is 6.92 Å². The van der Waals surface area contributed by atoms with E-state index in [-0.39, 0.29) is 5.54 Å². The second kappa shape index (κ2) is 5.20. The lowest BCUT2D eigenvalue weighted by atomic mass is 9.94. The fraction of sp³-hybridized carbons (Fsp3) is 0.538. The Kier molecular flexibility index (Phi) is 3.82. The molecule has 0 radical (unpaired) electrons. The third kappa shape index (κ3) is 2.62. The zero-order chi connectivity index (χ0) is 13.2. The summed E-state index contributed by atoms with van der Waals surface area (Å²) in [6.45, 7) is 7.06. The fourth-order valence-corrected chi connectivity index (χ4v) is 2.72. The number of anilines is 1.